The molecule has 1 spiro atoms. The van der Waals surface area contributed by atoms with Gasteiger partial charge < -0.3 is 0 Å². The van der Waals surface area contributed by atoms with Gasteiger partial charge in [-0.25, -0.2) is 0 Å². The van der Waals surface area contributed by atoms with Crippen LogP contribution in [0.2, 0.25) is 0 Å². The molecule has 1 saturated carbocycles. The maximum atomic E-state index is 2.81. The molecule has 1 aliphatic carbocycles. The van der Waals surface area contributed by atoms with Gasteiger partial charge in [0.1, 0.15) is 0 Å². The quantitative estimate of drug-likeness (QED) is 0.711. The van der Waals surface area contributed by atoms with Gasteiger partial charge in [-0.3, -0.25) is 9.80 Å². The number of hydrogen-bond donors (Lipinski definition) is 0. The highest BCUT2D eigenvalue weighted by molar-refractivity contribution is 5.00. The Labute approximate surface area is 132 Å². The smallest absolute Gasteiger partial charge is 0.0181 e. The summed E-state index contributed by atoms with van der Waals surface area (Å²) in [5, 5.41) is 0. The van der Waals surface area contributed by atoms with Crippen LogP contribution in [0.3, 0.4) is 0 Å². The first-order chi connectivity index (χ1) is 9.83. The first kappa shape index (κ1) is 15.8. The van der Waals surface area contributed by atoms with Crippen molar-refractivity contribution in [1.82, 2.24) is 9.80 Å². The van der Waals surface area contributed by atoms with Crippen LogP contribution in [0, 0.1) is 5.41 Å². The fourth-order valence-electron chi connectivity index (χ4n) is 5.04. The van der Waals surface area contributed by atoms with Gasteiger partial charge in [0, 0.05) is 11.1 Å². The number of nitrogens with zero attached hydrogens (tertiary/aromatic N) is 2. The summed E-state index contributed by atoms with van der Waals surface area (Å²) in [6.07, 6.45) is 11.6. The van der Waals surface area contributed by atoms with E-state index < -0.39 is 0 Å². The van der Waals surface area contributed by atoms with Crippen molar-refractivity contribution in [2.24, 2.45) is 5.41 Å². The molecule has 3 fully saturated rings. The number of rotatable bonds is 1. The Morgan fingerprint density at radius 3 is 1.71 bits per heavy atom. The Kier molecular flexibility index (Phi) is 4.16. The highest BCUT2D eigenvalue weighted by Crippen LogP contribution is 2.50. The number of likely N-dealkylation sites (tertiary alicyclic amines) is 2. The topological polar surface area (TPSA) is 6.48 Å². The second kappa shape index (κ2) is 5.53. The fraction of sp³-hybridized carbons (Fsp3) is 1.00. The molecule has 2 aliphatic heterocycles. The molecule has 0 atom stereocenters. The fourth-order valence-corrected chi connectivity index (χ4v) is 5.04. The Bertz CT molecular complexity index is 344. The zero-order valence-electron chi connectivity index (χ0n) is 14.9. The van der Waals surface area contributed by atoms with E-state index >= 15 is 0 Å². The second-order valence-electron chi connectivity index (χ2n) is 9.35. The molecular weight excluding hydrogens is 256 g/mol. The van der Waals surface area contributed by atoms with Crippen molar-refractivity contribution >= 4 is 0 Å². The van der Waals surface area contributed by atoms with Gasteiger partial charge in [-0.1, -0.05) is 0 Å². The Hall–Kier alpha value is -0.0800. The van der Waals surface area contributed by atoms with Crippen LogP contribution in [0.4, 0.5) is 0 Å². The van der Waals surface area contributed by atoms with E-state index in [1.54, 1.807) is 0 Å². The van der Waals surface area contributed by atoms with Gasteiger partial charge in [-0.05, 0) is 111 Å². The lowest BCUT2D eigenvalue weighted by Crippen LogP contribution is -2.53. The summed E-state index contributed by atoms with van der Waals surface area (Å²) in [5.74, 6) is 0. The van der Waals surface area contributed by atoms with E-state index in [0.29, 0.717) is 16.5 Å². The molecule has 0 aromatic carbocycles. The van der Waals surface area contributed by atoms with Gasteiger partial charge in [0.2, 0.25) is 0 Å². The normalized spacial score (nSPS) is 30.9. The molecule has 2 saturated heterocycles. The largest absolute Gasteiger partial charge is 0.298 e. The third kappa shape index (κ3) is 3.17. The molecule has 0 aromatic rings. The zero-order chi connectivity index (χ0) is 15.1. The van der Waals surface area contributed by atoms with Gasteiger partial charge >= 0.3 is 0 Å². The van der Waals surface area contributed by atoms with Crippen LogP contribution in [-0.4, -0.2) is 47.1 Å². The number of hydrogen-bond acceptors (Lipinski definition) is 2. The summed E-state index contributed by atoms with van der Waals surface area (Å²) >= 11 is 0. The molecule has 2 heteroatoms. The lowest BCUT2D eigenvalue weighted by molar-refractivity contribution is -0.0193. The molecule has 122 valence electrons. The Balaban J connectivity index is 1.56. The van der Waals surface area contributed by atoms with Crippen LogP contribution < -0.4 is 0 Å². The molecule has 0 unspecified atom stereocenters. The lowest BCUT2D eigenvalue weighted by atomic mass is 9.63. The third-order valence-corrected chi connectivity index (χ3v) is 7.03. The summed E-state index contributed by atoms with van der Waals surface area (Å²) in [7, 11) is 0. The monoisotopic (exact) mass is 292 g/mol. The Morgan fingerprint density at radius 2 is 1.24 bits per heavy atom. The van der Waals surface area contributed by atoms with E-state index in [9.17, 15) is 0 Å². The predicted molar refractivity (Wildman–Crippen MR) is 90.7 cm³/mol. The molecule has 0 bridgehead atoms. The molecule has 0 amide bonds. The SMILES string of the molecule is CC(C)(C)N1CCC2(CC1)CCC(C)(N1CCCC1)CC2. The molecule has 0 N–H and O–H groups in total. The molecule has 3 aliphatic rings. The molecule has 0 aromatic heterocycles. The standard InChI is InChI=1S/C19H36N2/c1-17(2,3)20-15-11-19(12-16-20)9-7-18(4,8-10-19)21-13-5-6-14-21/h5-16H2,1-4H3. The minimum Gasteiger partial charge on any atom is -0.298 e. The van der Waals surface area contributed by atoms with Gasteiger partial charge in [0.15, 0.2) is 0 Å². The van der Waals surface area contributed by atoms with E-state index in [0.717, 1.165) is 0 Å². The van der Waals surface area contributed by atoms with Gasteiger partial charge in [0.05, 0.1) is 0 Å². The van der Waals surface area contributed by atoms with Crippen molar-refractivity contribution < 1.29 is 0 Å². The van der Waals surface area contributed by atoms with Crippen LogP contribution >= 0.6 is 0 Å². The first-order valence-electron chi connectivity index (χ1n) is 9.33. The summed E-state index contributed by atoms with van der Waals surface area (Å²) in [4.78, 5) is 5.51. The van der Waals surface area contributed by atoms with Crippen molar-refractivity contribution in [3.8, 4) is 0 Å². The van der Waals surface area contributed by atoms with Gasteiger partial charge in [-0.15, -0.1) is 0 Å². The van der Waals surface area contributed by atoms with Crippen LogP contribution in [0.1, 0.15) is 79.1 Å². The van der Waals surface area contributed by atoms with Crippen molar-refractivity contribution in [3.63, 3.8) is 0 Å². The Morgan fingerprint density at radius 1 is 0.714 bits per heavy atom. The van der Waals surface area contributed by atoms with E-state index in [1.165, 1.54) is 77.5 Å². The van der Waals surface area contributed by atoms with Gasteiger partial charge in [0.25, 0.3) is 0 Å². The van der Waals surface area contributed by atoms with E-state index in [-0.39, 0.29) is 0 Å². The third-order valence-electron chi connectivity index (χ3n) is 7.03. The molecular formula is C19H36N2. The molecule has 2 heterocycles. The van der Waals surface area contributed by atoms with Crippen molar-refractivity contribution in [2.45, 2.75) is 90.1 Å². The van der Waals surface area contributed by atoms with Crippen molar-refractivity contribution in [2.75, 3.05) is 26.2 Å². The highest BCUT2D eigenvalue weighted by atomic mass is 15.2. The average Bonchev–Trinajstić information content (AvgIpc) is 2.97. The van der Waals surface area contributed by atoms with Gasteiger partial charge in [-0.2, -0.15) is 0 Å². The predicted octanol–water partition coefficient (Wildman–Crippen LogP) is 4.30. The first-order valence-corrected chi connectivity index (χ1v) is 9.33. The molecule has 0 radical (unpaired) electrons. The average molecular weight is 293 g/mol. The maximum absolute atomic E-state index is 2.81. The summed E-state index contributed by atoms with van der Waals surface area (Å²) in [6.45, 7) is 15.0. The second-order valence-corrected chi connectivity index (χ2v) is 9.35. The van der Waals surface area contributed by atoms with E-state index in [4.69, 9.17) is 0 Å². The minimum absolute atomic E-state index is 0.361. The van der Waals surface area contributed by atoms with Crippen LogP contribution in [0.15, 0.2) is 0 Å². The minimum atomic E-state index is 0.361. The van der Waals surface area contributed by atoms with Crippen molar-refractivity contribution in [3.05, 3.63) is 0 Å². The molecule has 21 heavy (non-hydrogen) atoms. The zero-order valence-corrected chi connectivity index (χ0v) is 14.9. The molecule has 3 rings (SSSR count). The van der Waals surface area contributed by atoms with Crippen LogP contribution in [0.5, 0.6) is 0 Å². The van der Waals surface area contributed by atoms with E-state index in [2.05, 4.69) is 37.5 Å². The number of piperidine rings is 1. The van der Waals surface area contributed by atoms with Crippen molar-refractivity contribution in [1.29, 1.82) is 0 Å². The summed E-state index contributed by atoms with van der Waals surface area (Å²) in [5.41, 5.74) is 1.59. The van der Waals surface area contributed by atoms with E-state index in [1.807, 2.05) is 0 Å². The van der Waals surface area contributed by atoms with Crippen LogP contribution in [-0.2, 0) is 0 Å². The highest BCUT2D eigenvalue weighted by Gasteiger charge is 2.45. The molecule has 2 nitrogen and oxygen atoms in total. The summed E-state index contributed by atoms with van der Waals surface area (Å²) < 4.78 is 0. The maximum Gasteiger partial charge on any atom is 0.0181 e. The summed E-state index contributed by atoms with van der Waals surface area (Å²) in [6, 6.07) is 0. The lowest BCUT2D eigenvalue weighted by Gasteiger charge is -2.53. The van der Waals surface area contributed by atoms with Crippen LogP contribution in [0.25, 0.3) is 0 Å².